The molecule has 0 radical (unpaired) electrons. The van der Waals surface area contributed by atoms with Gasteiger partial charge in [-0.1, -0.05) is 42.5 Å². The van der Waals surface area contributed by atoms with Crippen LogP contribution >= 0.6 is 0 Å². The fraction of sp³-hybridized carbons (Fsp3) is 0.111. The van der Waals surface area contributed by atoms with Crippen molar-refractivity contribution >= 4 is 39.4 Å². The van der Waals surface area contributed by atoms with Gasteiger partial charge in [-0.25, -0.2) is 0 Å². The minimum atomic E-state index is -4.30. The summed E-state index contributed by atoms with van der Waals surface area (Å²) in [5.41, 5.74) is 5.41. The number of Topliss-reactive ketones (excluding diaryl/α,β-unsaturated/α-hetero) is 1. The first-order valence-corrected chi connectivity index (χ1v) is 10.2. The standard InChI is InChI=1S/C18H17B3N2O5S/c19-17(13-8-4-5-11(9-13)10-22)15(24)14(16(23)27-17)28-29(25,26)18(20,21)12-6-2-1-3-7-12/h1-9H,19-21,23H2/t17-/m1/s1. The fourth-order valence-electron chi connectivity index (χ4n) is 2.99. The third-order valence-electron chi connectivity index (χ3n) is 5.01. The van der Waals surface area contributed by atoms with E-state index in [9.17, 15) is 13.2 Å². The van der Waals surface area contributed by atoms with Crippen LogP contribution in [0, 0.1) is 11.3 Å². The largest absolute Gasteiger partial charge is 0.467 e. The van der Waals surface area contributed by atoms with Gasteiger partial charge >= 0.3 is 10.1 Å². The Morgan fingerprint density at radius 3 is 2.41 bits per heavy atom. The summed E-state index contributed by atoms with van der Waals surface area (Å²) in [6.45, 7) is 0. The molecule has 11 heteroatoms. The van der Waals surface area contributed by atoms with E-state index in [4.69, 9.17) is 19.9 Å². The zero-order chi connectivity index (χ0) is 21.4. The topological polar surface area (TPSA) is 119 Å². The quantitative estimate of drug-likeness (QED) is 0.474. The molecule has 0 bridgehead atoms. The number of nitriles is 1. The molecule has 2 aromatic rings. The van der Waals surface area contributed by atoms with E-state index in [1.54, 1.807) is 48.5 Å². The highest BCUT2D eigenvalue weighted by molar-refractivity contribution is 7.90. The van der Waals surface area contributed by atoms with Gasteiger partial charge in [-0.3, -0.25) is 4.79 Å². The van der Waals surface area contributed by atoms with Gasteiger partial charge in [0.2, 0.25) is 17.4 Å². The minimum absolute atomic E-state index is 0.325. The Bertz CT molecular complexity index is 1160. The summed E-state index contributed by atoms with van der Waals surface area (Å²) in [5, 5.41) is 9.09. The normalized spacial score (nSPS) is 19.5. The Balaban J connectivity index is 1.95. The monoisotopic (exact) mass is 406 g/mol. The second-order valence-electron chi connectivity index (χ2n) is 7.26. The Labute approximate surface area is 171 Å². The predicted molar refractivity (Wildman–Crippen MR) is 114 cm³/mol. The van der Waals surface area contributed by atoms with Crippen LogP contribution in [0.4, 0.5) is 0 Å². The highest BCUT2D eigenvalue weighted by Crippen LogP contribution is 2.38. The molecule has 7 nitrogen and oxygen atoms in total. The van der Waals surface area contributed by atoms with Crippen LogP contribution in [0.2, 0.25) is 0 Å². The van der Waals surface area contributed by atoms with Crippen LogP contribution in [0.15, 0.2) is 66.2 Å². The summed E-state index contributed by atoms with van der Waals surface area (Å²) in [7, 11) is 0.103. The summed E-state index contributed by atoms with van der Waals surface area (Å²) in [4.78, 5) is 13.0. The third kappa shape index (κ3) is 3.40. The van der Waals surface area contributed by atoms with E-state index < -0.39 is 37.6 Å². The van der Waals surface area contributed by atoms with E-state index in [-0.39, 0.29) is 0 Å². The third-order valence-corrected chi connectivity index (χ3v) is 6.88. The van der Waals surface area contributed by atoms with Crippen molar-refractivity contribution in [3.8, 4) is 6.07 Å². The highest BCUT2D eigenvalue weighted by Gasteiger charge is 2.50. The summed E-state index contributed by atoms with van der Waals surface area (Å²) in [6, 6.07) is 16.7. The van der Waals surface area contributed by atoms with Crippen LogP contribution < -0.4 is 5.73 Å². The number of nitrogens with two attached hydrogens (primary N) is 1. The molecule has 0 fully saturated rings. The Morgan fingerprint density at radius 2 is 1.79 bits per heavy atom. The number of ketones is 1. The molecule has 0 aliphatic carbocycles. The van der Waals surface area contributed by atoms with Crippen LogP contribution in [0.1, 0.15) is 16.7 Å². The first-order valence-electron chi connectivity index (χ1n) is 8.76. The molecule has 0 aromatic heterocycles. The van der Waals surface area contributed by atoms with Crippen molar-refractivity contribution < 1.29 is 22.1 Å². The maximum atomic E-state index is 13.0. The lowest BCUT2D eigenvalue weighted by atomic mass is 9.65. The molecule has 1 aliphatic heterocycles. The number of nitrogens with zero attached hydrogens (tertiary/aromatic N) is 1. The van der Waals surface area contributed by atoms with Crippen LogP contribution in [0.25, 0.3) is 0 Å². The van der Waals surface area contributed by atoms with Gasteiger partial charge in [0.25, 0.3) is 0 Å². The van der Waals surface area contributed by atoms with E-state index in [2.05, 4.69) is 0 Å². The van der Waals surface area contributed by atoms with Gasteiger partial charge in [-0.2, -0.15) is 13.7 Å². The SMILES string of the molecule is BC(B)(c1ccccc1)S(=O)(=O)OC1=C(N)O[C@](B)(c2cccc(C#N)c2)C1=O. The van der Waals surface area contributed by atoms with Crippen molar-refractivity contribution in [1.29, 1.82) is 5.26 Å². The number of hydrogen-bond acceptors (Lipinski definition) is 7. The number of benzene rings is 2. The molecule has 3 rings (SSSR count). The van der Waals surface area contributed by atoms with Gasteiger partial charge in [0.1, 0.15) is 15.7 Å². The van der Waals surface area contributed by atoms with Gasteiger partial charge in [0.05, 0.1) is 16.2 Å². The average molecular weight is 406 g/mol. The van der Waals surface area contributed by atoms with Crippen molar-refractivity contribution in [2.45, 2.75) is 10.0 Å². The van der Waals surface area contributed by atoms with Crippen molar-refractivity contribution in [2.24, 2.45) is 5.73 Å². The Hall–Kier alpha value is -3.12. The van der Waals surface area contributed by atoms with E-state index in [1.807, 2.05) is 6.07 Å². The number of carbonyl (C=O) groups excluding carboxylic acids is 1. The smallest absolute Gasteiger partial charge is 0.304 e. The summed E-state index contributed by atoms with van der Waals surface area (Å²) in [6.07, 6.45) is 0. The van der Waals surface area contributed by atoms with Crippen molar-refractivity contribution in [3.63, 3.8) is 0 Å². The van der Waals surface area contributed by atoms with Gasteiger partial charge in [0.15, 0.2) is 13.3 Å². The summed E-state index contributed by atoms with van der Waals surface area (Å²) < 4.78 is 35.3. The van der Waals surface area contributed by atoms with E-state index in [0.717, 1.165) is 0 Å². The molecule has 1 heterocycles. The van der Waals surface area contributed by atoms with Crippen LogP contribution in [0.5, 0.6) is 0 Å². The van der Waals surface area contributed by atoms with Crippen LogP contribution in [0.3, 0.4) is 0 Å². The zero-order valence-electron chi connectivity index (χ0n) is 16.2. The van der Waals surface area contributed by atoms with Gasteiger partial charge in [-0.15, -0.1) is 0 Å². The second kappa shape index (κ2) is 7.05. The number of hydrogen-bond donors (Lipinski definition) is 1. The Morgan fingerprint density at radius 1 is 1.14 bits per heavy atom. The lowest BCUT2D eigenvalue weighted by Gasteiger charge is -2.26. The highest BCUT2D eigenvalue weighted by atomic mass is 32.2. The van der Waals surface area contributed by atoms with Crippen molar-refractivity contribution in [2.75, 3.05) is 0 Å². The molecule has 0 spiro atoms. The number of ether oxygens (including phenoxy) is 1. The molecule has 144 valence electrons. The minimum Gasteiger partial charge on any atom is -0.467 e. The molecular weight excluding hydrogens is 389 g/mol. The molecule has 29 heavy (non-hydrogen) atoms. The lowest BCUT2D eigenvalue weighted by Crippen LogP contribution is -2.40. The zero-order valence-corrected chi connectivity index (χ0v) is 17.0. The molecule has 2 N–H and O–H groups in total. The van der Waals surface area contributed by atoms with E-state index in [0.29, 0.717) is 16.7 Å². The second-order valence-corrected chi connectivity index (χ2v) is 9.36. The first kappa shape index (κ1) is 20.6. The molecule has 1 atom stereocenters. The Kier molecular flexibility index (Phi) is 5.01. The summed E-state index contributed by atoms with van der Waals surface area (Å²) >= 11 is 0. The molecule has 0 saturated carbocycles. The lowest BCUT2D eigenvalue weighted by molar-refractivity contribution is -0.126. The van der Waals surface area contributed by atoms with Crippen molar-refractivity contribution in [3.05, 3.63) is 82.9 Å². The first-order chi connectivity index (χ1) is 13.5. The molecular formula is C18H17B3N2O5S. The van der Waals surface area contributed by atoms with Crippen LogP contribution in [-0.2, 0) is 33.9 Å². The van der Waals surface area contributed by atoms with Crippen LogP contribution in [-0.4, -0.2) is 37.7 Å². The van der Waals surface area contributed by atoms with Gasteiger partial charge < -0.3 is 14.7 Å². The van der Waals surface area contributed by atoms with E-state index in [1.165, 1.54) is 29.6 Å². The maximum Gasteiger partial charge on any atom is 0.304 e. The van der Waals surface area contributed by atoms with E-state index >= 15 is 0 Å². The number of rotatable bonds is 5. The van der Waals surface area contributed by atoms with Gasteiger partial charge in [-0.05, 0) is 23.3 Å². The molecule has 0 unspecified atom stereocenters. The summed E-state index contributed by atoms with van der Waals surface area (Å²) in [5.74, 6) is -1.73. The fourth-order valence-corrected chi connectivity index (χ4v) is 4.00. The van der Waals surface area contributed by atoms with Gasteiger partial charge in [0, 0.05) is 0 Å². The molecule has 0 saturated heterocycles. The predicted octanol–water partition coefficient (Wildman–Crippen LogP) is -1.51. The molecule has 2 aromatic carbocycles. The maximum absolute atomic E-state index is 13.0. The van der Waals surface area contributed by atoms with Crippen molar-refractivity contribution in [1.82, 2.24) is 0 Å². The molecule has 0 amide bonds. The molecule has 1 aliphatic rings. The number of carbonyl (C=O) groups is 1. The average Bonchev–Trinajstić information content (AvgIpc) is 2.92.